The standard InChI is InChI=1S/C17H28N6O3/c1-10-5-11(2)7-21(6-10)16-14(23(24)25)15(18)19-17(20-16)22-8-12(3)26-13(4)9-22/h10-13H,5-9H2,1-4H3,(H2,18,19,20)/t10-,11-,12-,13-/m1/s1. The van der Waals surface area contributed by atoms with E-state index in [0.717, 1.165) is 19.5 Å². The first-order valence-electron chi connectivity index (χ1n) is 9.21. The quantitative estimate of drug-likeness (QED) is 0.641. The Balaban J connectivity index is 2.01. The minimum atomic E-state index is -0.469. The second-order valence-corrected chi connectivity index (χ2v) is 7.85. The number of nitrogens with two attached hydrogens (primary N) is 1. The van der Waals surface area contributed by atoms with Gasteiger partial charge >= 0.3 is 5.69 Å². The molecule has 1 aromatic heterocycles. The van der Waals surface area contributed by atoms with Crippen LogP contribution in [0.1, 0.15) is 34.1 Å². The Morgan fingerprint density at radius 3 is 2.15 bits per heavy atom. The molecule has 0 amide bonds. The molecule has 9 nitrogen and oxygen atoms in total. The zero-order chi connectivity index (χ0) is 19.0. The molecule has 0 saturated carbocycles. The average Bonchev–Trinajstić information content (AvgIpc) is 2.51. The van der Waals surface area contributed by atoms with Gasteiger partial charge in [0.2, 0.25) is 17.6 Å². The Labute approximate surface area is 153 Å². The Morgan fingerprint density at radius 2 is 1.62 bits per heavy atom. The number of rotatable bonds is 3. The Kier molecular flexibility index (Phi) is 5.17. The van der Waals surface area contributed by atoms with Gasteiger partial charge in [0.15, 0.2) is 0 Å². The molecule has 144 valence electrons. The van der Waals surface area contributed by atoms with Gasteiger partial charge < -0.3 is 20.3 Å². The maximum Gasteiger partial charge on any atom is 0.353 e. The lowest BCUT2D eigenvalue weighted by atomic mass is 9.92. The lowest BCUT2D eigenvalue weighted by Gasteiger charge is -2.37. The van der Waals surface area contributed by atoms with E-state index < -0.39 is 4.92 Å². The fourth-order valence-corrected chi connectivity index (χ4v) is 4.16. The zero-order valence-electron chi connectivity index (χ0n) is 15.9. The highest BCUT2D eigenvalue weighted by Gasteiger charge is 2.33. The van der Waals surface area contributed by atoms with Gasteiger partial charge in [0.05, 0.1) is 17.1 Å². The topological polar surface area (TPSA) is 111 Å². The third-order valence-electron chi connectivity index (χ3n) is 4.93. The van der Waals surface area contributed by atoms with Crippen LogP contribution in [0.25, 0.3) is 0 Å². The maximum atomic E-state index is 11.6. The number of nitrogen functional groups attached to an aromatic ring is 1. The van der Waals surface area contributed by atoms with Crippen molar-refractivity contribution in [2.75, 3.05) is 41.7 Å². The van der Waals surface area contributed by atoms with E-state index in [9.17, 15) is 10.1 Å². The van der Waals surface area contributed by atoms with Gasteiger partial charge in [-0.25, -0.2) is 0 Å². The lowest BCUT2D eigenvalue weighted by Crippen LogP contribution is -2.46. The highest BCUT2D eigenvalue weighted by atomic mass is 16.6. The number of hydrogen-bond acceptors (Lipinski definition) is 8. The summed E-state index contributed by atoms with van der Waals surface area (Å²) in [6.07, 6.45) is 1.19. The SMILES string of the molecule is C[C@@H]1C[C@@H](C)CN(c2nc(N3C[C@@H](C)O[C@H](C)C3)nc(N)c2[N+](=O)[O-])C1. The van der Waals surface area contributed by atoms with Crippen molar-refractivity contribution in [3.8, 4) is 0 Å². The van der Waals surface area contributed by atoms with Crippen molar-refractivity contribution in [3.63, 3.8) is 0 Å². The lowest BCUT2D eigenvalue weighted by molar-refractivity contribution is -0.383. The third-order valence-corrected chi connectivity index (χ3v) is 4.93. The highest BCUT2D eigenvalue weighted by molar-refractivity contribution is 5.71. The number of nitro groups is 1. The predicted octanol–water partition coefficient (Wildman–Crippen LogP) is 2.06. The fourth-order valence-electron chi connectivity index (χ4n) is 4.16. The summed E-state index contributed by atoms with van der Waals surface area (Å²) in [7, 11) is 0. The van der Waals surface area contributed by atoms with Gasteiger partial charge in [0, 0.05) is 26.2 Å². The monoisotopic (exact) mass is 364 g/mol. The molecule has 0 radical (unpaired) electrons. The Hall–Kier alpha value is -2.16. The van der Waals surface area contributed by atoms with E-state index in [-0.39, 0.29) is 23.7 Å². The smallest absolute Gasteiger partial charge is 0.353 e. The van der Waals surface area contributed by atoms with Gasteiger partial charge in [-0.2, -0.15) is 9.97 Å². The molecule has 3 rings (SSSR count). The molecule has 0 aromatic carbocycles. The fraction of sp³-hybridized carbons (Fsp3) is 0.765. The molecule has 0 bridgehead atoms. The van der Waals surface area contributed by atoms with Crippen molar-refractivity contribution in [2.45, 2.75) is 46.3 Å². The minimum absolute atomic E-state index is 0.0391. The second kappa shape index (κ2) is 7.22. The van der Waals surface area contributed by atoms with Crippen molar-refractivity contribution in [1.82, 2.24) is 9.97 Å². The first-order valence-corrected chi connectivity index (χ1v) is 9.21. The molecule has 0 aliphatic carbocycles. The number of ether oxygens (including phenoxy) is 1. The summed E-state index contributed by atoms with van der Waals surface area (Å²) in [4.78, 5) is 24.0. The van der Waals surface area contributed by atoms with Crippen LogP contribution in [0, 0.1) is 22.0 Å². The molecule has 2 fully saturated rings. The van der Waals surface area contributed by atoms with Gasteiger partial charge in [0.1, 0.15) is 0 Å². The molecule has 26 heavy (non-hydrogen) atoms. The molecule has 0 unspecified atom stereocenters. The van der Waals surface area contributed by atoms with E-state index in [1.807, 2.05) is 23.6 Å². The summed E-state index contributed by atoms with van der Waals surface area (Å²) >= 11 is 0. The summed E-state index contributed by atoms with van der Waals surface area (Å²) in [6.45, 7) is 11.0. The molecule has 4 atom stereocenters. The van der Waals surface area contributed by atoms with E-state index in [2.05, 4.69) is 23.8 Å². The van der Waals surface area contributed by atoms with E-state index in [4.69, 9.17) is 10.5 Å². The van der Waals surface area contributed by atoms with Gasteiger partial charge in [-0.15, -0.1) is 0 Å². The van der Waals surface area contributed by atoms with E-state index in [0.29, 0.717) is 36.7 Å². The number of piperidine rings is 1. The summed E-state index contributed by atoms with van der Waals surface area (Å²) in [5, 5.41) is 11.6. The summed E-state index contributed by atoms with van der Waals surface area (Å²) in [5.74, 6) is 1.59. The van der Waals surface area contributed by atoms with Crippen molar-refractivity contribution in [3.05, 3.63) is 10.1 Å². The van der Waals surface area contributed by atoms with Gasteiger partial charge in [0.25, 0.3) is 0 Å². The maximum absolute atomic E-state index is 11.6. The molecule has 3 heterocycles. The summed E-state index contributed by atoms with van der Waals surface area (Å²) in [5.41, 5.74) is 5.81. The average molecular weight is 364 g/mol. The van der Waals surface area contributed by atoms with E-state index in [1.54, 1.807) is 0 Å². The molecule has 9 heteroatoms. The first kappa shape index (κ1) is 18.6. The van der Waals surface area contributed by atoms with E-state index in [1.165, 1.54) is 0 Å². The van der Waals surface area contributed by atoms with Gasteiger partial charge in [-0.3, -0.25) is 10.1 Å². The predicted molar refractivity (Wildman–Crippen MR) is 100 cm³/mol. The molecule has 0 spiro atoms. The highest BCUT2D eigenvalue weighted by Crippen LogP contribution is 2.36. The first-order chi connectivity index (χ1) is 12.2. The molecule has 1 aromatic rings. The molecule has 2 N–H and O–H groups in total. The van der Waals surface area contributed by atoms with Crippen LogP contribution < -0.4 is 15.5 Å². The Morgan fingerprint density at radius 1 is 1.04 bits per heavy atom. The van der Waals surface area contributed by atoms with Gasteiger partial charge in [-0.05, 0) is 32.1 Å². The van der Waals surface area contributed by atoms with Crippen LogP contribution in [0.15, 0.2) is 0 Å². The van der Waals surface area contributed by atoms with Crippen molar-refractivity contribution >= 4 is 23.3 Å². The third kappa shape index (κ3) is 3.82. The second-order valence-electron chi connectivity index (χ2n) is 7.85. The number of morpholine rings is 1. The van der Waals surface area contributed by atoms with Crippen molar-refractivity contribution < 1.29 is 9.66 Å². The largest absolute Gasteiger partial charge is 0.378 e. The number of anilines is 3. The molecule has 2 aliphatic heterocycles. The normalized spacial score (nSPS) is 29.7. The molecule has 2 aliphatic rings. The number of aromatic nitrogens is 2. The van der Waals surface area contributed by atoms with Crippen molar-refractivity contribution in [2.24, 2.45) is 11.8 Å². The summed E-state index contributed by atoms with van der Waals surface area (Å²) in [6, 6.07) is 0. The number of hydrogen-bond donors (Lipinski definition) is 1. The van der Waals surface area contributed by atoms with Crippen LogP contribution in [0.4, 0.5) is 23.3 Å². The molecule has 2 saturated heterocycles. The molecular formula is C17H28N6O3. The van der Waals surface area contributed by atoms with Crippen LogP contribution >= 0.6 is 0 Å². The van der Waals surface area contributed by atoms with Crippen molar-refractivity contribution in [1.29, 1.82) is 0 Å². The van der Waals surface area contributed by atoms with Crippen LogP contribution in [-0.2, 0) is 4.74 Å². The summed E-state index contributed by atoms with van der Waals surface area (Å²) < 4.78 is 5.76. The zero-order valence-corrected chi connectivity index (χ0v) is 15.9. The van der Waals surface area contributed by atoms with E-state index >= 15 is 0 Å². The Bertz CT molecular complexity index is 665. The van der Waals surface area contributed by atoms with Crippen LogP contribution in [0.3, 0.4) is 0 Å². The van der Waals surface area contributed by atoms with Gasteiger partial charge in [-0.1, -0.05) is 13.8 Å². The minimum Gasteiger partial charge on any atom is -0.378 e. The number of nitrogens with zero attached hydrogens (tertiary/aromatic N) is 5. The van der Waals surface area contributed by atoms with Crippen LogP contribution in [-0.4, -0.2) is 53.3 Å². The van der Waals surface area contributed by atoms with Crippen LogP contribution in [0.5, 0.6) is 0 Å². The van der Waals surface area contributed by atoms with Crippen LogP contribution in [0.2, 0.25) is 0 Å². The molecular weight excluding hydrogens is 336 g/mol.